The number of rotatable bonds is 4. The molecule has 6 nitrogen and oxygen atoms in total. The van der Waals surface area contributed by atoms with Crippen molar-refractivity contribution in [2.75, 3.05) is 0 Å². The van der Waals surface area contributed by atoms with E-state index in [1.807, 2.05) is 0 Å². The fourth-order valence-corrected chi connectivity index (χ4v) is 1.20. The fourth-order valence-electron chi connectivity index (χ4n) is 1.20. The zero-order chi connectivity index (χ0) is 10.7. The average Bonchev–Trinajstić information content (AvgIpc) is 2.85. The van der Waals surface area contributed by atoms with E-state index in [2.05, 4.69) is 33.7 Å². The molecule has 0 N–H and O–H groups in total. The van der Waals surface area contributed by atoms with Crippen LogP contribution < -0.4 is 0 Å². The van der Waals surface area contributed by atoms with Crippen LogP contribution in [0.2, 0.25) is 0 Å². The molecule has 6 heteroatoms. The zero-order valence-corrected chi connectivity index (χ0v) is 8.54. The van der Waals surface area contributed by atoms with Crippen molar-refractivity contribution in [2.45, 2.75) is 19.9 Å². The molecule has 0 saturated carbocycles. The molecule has 0 amide bonds. The van der Waals surface area contributed by atoms with Crippen LogP contribution in [0.5, 0.6) is 0 Å². The summed E-state index contributed by atoms with van der Waals surface area (Å²) in [5.41, 5.74) is 0. The van der Waals surface area contributed by atoms with Crippen LogP contribution >= 0.6 is 0 Å². The van der Waals surface area contributed by atoms with Gasteiger partial charge in [-0.3, -0.25) is 4.68 Å². The number of hydrogen-bond donors (Lipinski definition) is 0. The van der Waals surface area contributed by atoms with Crippen molar-refractivity contribution >= 4 is 6.20 Å². The van der Waals surface area contributed by atoms with Gasteiger partial charge in [0.15, 0.2) is 0 Å². The predicted octanol–water partition coefficient (Wildman–Crippen LogP) is 1.05. The molecule has 0 unspecified atom stereocenters. The van der Waals surface area contributed by atoms with Crippen molar-refractivity contribution in [3.63, 3.8) is 0 Å². The predicted molar refractivity (Wildman–Crippen MR) is 55.7 cm³/mol. The summed E-state index contributed by atoms with van der Waals surface area (Å²) < 4.78 is 3.31. The van der Waals surface area contributed by atoms with Crippen molar-refractivity contribution in [3.8, 4) is 11.6 Å². The Kier molecular flexibility index (Phi) is 2.57. The van der Waals surface area contributed by atoms with Crippen LogP contribution in [0, 0.1) is 0 Å². The summed E-state index contributed by atoms with van der Waals surface area (Å²) in [4.78, 5) is 8.20. The first-order valence-corrected chi connectivity index (χ1v) is 4.77. The second kappa shape index (κ2) is 4.04. The van der Waals surface area contributed by atoms with Crippen molar-refractivity contribution in [1.82, 2.24) is 29.5 Å². The monoisotopic (exact) mass is 204 g/mol. The summed E-state index contributed by atoms with van der Waals surface area (Å²) >= 11 is 0. The van der Waals surface area contributed by atoms with Crippen LogP contribution in [0.4, 0.5) is 0 Å². The van der Waals surface area contributed by atoms with Gasteiger partial charge in [-0.15, -0.1) is 10.2 Å². The Morgan fingerprint density at radius 3 is 2.67 bits per heavy atom. The van der Waals surface area contributed by atoms with Crippen molar-refractivity contribution in [3.05, 3.63) is 19.2 Å². The van der Waals surface area contributed by atoms with Gasteiger partial charge >= 0.3 is 0 Å². The molecule has 0 aromatic carbocycles. The third kappa shape index (κ3) is 1.93. The van der Waals surface area contributed by atoms with E-state index in [-0.39, 0.29) is 0 Å². The first-order chi connectivity index (χ1) is 7.33. The molecule has 0 radical (unpaired) electrons. The smallest absolute Gasteiger partial charge is 0.221 e. The number of aryl methyl sites for hydroxylation is 1. The van der Waals surface area contributed by atoms with Crippen LogP contribution in [0.1, 0.15) is 13.3 Å². The zero-order valence-electron chi connectivity index (χ0n) is 8.54. The van der Waals surface area contributed by atoms with Gasteiger partial charge in [0.05, 0.1) is 0 Å². The van der Waals surface area contributed by atoms with Crippen LogP contribution in [0.3, 0.4) is 0 Å². The molecule has 0 saturated heterocycles. The summed E-state index contributed by atoms with van der Waals surface area (Å²) in [6.45, 7) is 6.53. The lowest BCUT2D eigenvalue weighted by Gasteiger charge is -1.92. The molecule has 2 aromatic heterocycles. The minimum absolute atomic E-state index is 0.518. The number of aromatic nitrogens is 6. The Morgan fingerprint density at radius 2 is 2.00 bits per heavy atom. The summed E-state index contributed by atoms with van der Waals surface area (Å²) in [5.74, 6) is 1.06. The summed E-state index contributed by atoms with van der Waals surface area (Å²) in [6, 6.07) is 0. The van der Waals surface area contributed by atoms with E-state index < -0.39 is 0 Å². The highest BCUT2D eigenvalue weighted by Crippen LogP contribution is 2.07. The van der Waals surface area contributed by atoms with E-state index in [1.54, 1.807) is 23.5 Å². The Bertz CT molecular complexity index is 455. The number of hydrogen-bond acceptors (Lipinski definition) is 4. The van der Waals surface area contributed by atoms with E-state index >= 15 is 0 Å². The molecular formula is C9H12N6. The molecule has 0 aliphatic heterocycles. The second-order valence-electron chi connectivity index (χ2n) is 3.06. The van der Waals surface area contributed by atoms with Gasteiger partial charge in [0.1, 0.15) is 12.7 Å². The van der Waals surface area contributed by atoms with Crippen LogP contribution in [0.15, 0.2) is 19.2 Å². The maximum atomic E-state index is 4.25. The van der Waals surface area contributed by atoms with Gasteiger partial charge in [0, 0.05) is 12.7 Å². The third-order valence-corrected chi connectivity index (χ3v) is 1.88. The van der Waals surface area contributed by atoms with Gasteiger partial charge in [-0.25, -0.2) is 14.6 Å². The topological polar surface area (TPSA) is 61.4 Å². The van der Waals surface area contributed by atoms with Crippen molar-refractivity contribution < 1.29 is 0 Å². The van der Waals surface area contributed by atoms with Gasteiger partial charge in [-0.2, -0.15) is 0 Å². The maximum Gasteiger partial charge on any atom is 0.221 e. The fraction of sp³-hybridized carbons (Fsp3) is 0.333. The third-order valence-electron chi connectivity index (χ3n) is 1.88. The molecule has 2 heterocycles. The number of nitrogens with zero attached hydrogens (tertiary/aromatic N) is 6. The summed E-state index contributed by atoms with van der Waals surface area (Å²) in [5, 5.41) is 8.37. The lowest BCUT2D eigenvalue weighted by atomic mass is 10.5. The maximum absolute atomic E-state index is 4.25. The average molecular weight is 204 g/mol. The van der Waals surface area contributed by atoms with E-state index in [1.165, 1.54) is 4.68 Å². The molecule has 0 aliphatic rings. The molecule has 0 spiro atoms. The van der Waals surface area contributed by atoms with Gasteiger partial charge in [-0.1, -0.05) is 13.5 Å². The van der Waals surface area contributed by atoms with E-state index in [0.29, 0.717) is 11.6 Å². The Morgan fingerprint density at radius 1 is 1.27 bits per heavy atom. The second-order valence-corrected chi connectivity index (χ2v) is 3.06. The first kappa shape index (κ1) is 9.57. The largest absolute Gasteiger partial charge is 0.252 e. The Labute approximate surface area is 87.3 Å². The van der Waals surface area contributed by atoms with Gasteiger partial charge < -0.3 is 0 Å². The highest BCUT2D eigenvalue weighted by molar-refractivity contribution is 5.40. The molecule has 78 valence electrons. The van der Waals surface area contributed by atoms with E-state index in [9.17, 15) is 0 Å². The molecular weight excluding hydrogens is 192 g/mol. The highest BCUT2D eigenvalue weighted by Gasteiger charge is 2.08. The molecule has 0 aliphatic carbocycles. The summed E-state index contributed by atoms with van der Waals surface area (Å²) in [6.07, 6.45) is 5.85. The first-order valence-electron chi connectivity index (χ1n) is 4.77. The lowest BCUT2D eigenvalue weighted by Crippen LogP contribution is -1.97. The van der Waals surface area contributed by atoms with E-state index in [0.717, 1.165) is 13.0 Å². The molecule has 2 rings (SSSR count). The van der Waals surface area contributed by atoms with Crippen LogP contribution in [-0.4, -0.2) is 29.5 Å². The minimum atomic E-state index is 0.518. The van der Waals surface area contributed by atoms with Gasteiger partial charge in [0.2, 0.25) is 11.6 Å². The normalized spacial score (nSPS) is 10.5. The van der Waals surface area contributed by atoms with Crippen molar-refractivity contribution in [2.24, 2.45) is 0 Å². The van der Waals surface area contributed by atoms with Crippen molar-refractivity contribution in [1.29, 1.82) is 0 Å². The van der Waals surface area contributed by atoms with Crippen LogP contribution in [-0.2, 0) is 6.54 Å². The quantitative estimate of drug-likeness (QED) is 0.746. The lowest BCUT2D eigenvalue weighted by molar-refractivity contribution is 0.602. The van der Waals surface area contributed by atoms with Gasteiger partial charge in [0.25, 0.3) is 0 Å². The molecule has 0 bridgehead atoms. The summed E-state index contributed by atoms with van der Waals surface area (Å²) in [7, 11) is 0. The minimum Gasteiger partial charge on any atom is -0.252 e. The SMILES string of the molecule is C=Cn1cnc(-c2ncn(CCC)n2)n1. The Hall–Kier alpha value is -1.98. The van der Waals surface area contributed by atoms with E-state index in [4.69, 9.17) is 0 Å². The van der Waals surface area contributed by atoms with Crippen LogP contribution in [0.25, 0.3) is 17.8 Å². The highest BCUT2D eigenvalue weighted by atomic mass is 15.4. The standard InChI is InChI=1S/C9H12N6/c1-3-5-15-7-11-9(13-15)8-10-6-14(4-2)12-8/h4,6-7H,2-3,5H2,1H3. The Balaban J connectivity index is 2.24. The molecule has 15 heavy (non-hydrogen) atoms. The molecule has 2 aromatic rings. The van der Waals surface area contributed by atoms with Gasteiger partial charge in [-0.05, 0) is 6.42 Å². The molecule has 0 atom stereocenters. The molecule has 0 fully saturated rings.